The van der Waals surface area contributed by atoms with Crippen LogP contribution in [0.25, 0.3) is 5.57 Å². The van der Waals surface area contributed by atoms with Gasteiger partial charge in [-0.1, -0.05) is 24.3 Å². The first-order valence-corrected chi connectivity index (χ1v) is 5.14. The van der Waals surface area contributed by atoms with Crippen LogP contribution in [-0.2, 0) is 0 Å². The first-order chi connectivity index (χ1) is 8.20. The van der Waals surface area contributed by atoms with Crippen LogP contribution in [0.5, 0.6) is 11.5 Å². The van der Waals surface area contributed by atoms with Gasteiger partial charge in [-0.2, -0.15) is 0 Å². The standard InChI is InChI=1S/C14H12O3/c15-9-14(10-1-5-12(16)6-2-10)11-3-7-13(17)8-4-11/h1-9,15-17H. The highest BCUT2D eigenvalue weighted by Crippen LogP contribution is 2.25. The minimum atomic E-state index is 0.178. The largest absolute Gasteiger partial charge is 0.515 e. The van der Waals surface area contributed by atoms with Crippen molar-refractivity contribution in [2.45, 2.75) is 0 Å². The first kappa shape index (κ1) is 11.1. The molecule has 86 valence electrons. The summed E-state index contributed by atoms with van der Waals surface area (Å²) in [6.45, 7) is 0. The lowest BCUT2D eigenvalue weighted by molar-refractivity contribution is 0.473. The second-order valence-corrected chi connectivity index (χ2v) is 3.64. The van der Waals surface area contributed by atoms with E-state index < -0.39 is 0 Å². The van der Waals surface area contributed by atoms with Crippen molar-refractivity contribution in [2.24, 2.45) is 0 Å². The minimum absolute atomic E-state index is 0.178. The molecule has 0 spiro atoms. The summed E-state index contributed by atoms with van der Waals surface area (Å²) in [6, 6.07) is 13.1. The molecule has 0 atom stereocenters. The summed E-state index contributed by atoms with van der Waals surface area (Å²) in [4.78, 5) is 0. The second-order valence-electron chi connectivity index (χ2n) is 3.64. The van der Waals surface area contributed by atoms with Gasteiger partial charge in [-0.25, -0.2) is 0 Å². The summed E-state index contributed by atoms with van der Waals surface area (Å²) in [5.74, 6) is 0.355. The van der Waals surface area contributed by atoms with Gasteiger partial charge >= 0.3 is 0 Å². The predicted molar refractivity (Wildman–Crippen MR) is 65.9 cm³/mol. The van der Waals surface area contributed by atoms with Gasteiger partial charge < -0.3 is 15.3 Å². The Labute approximate surface area is 98.9 Å². The lowest BCUT2D eigenvalue weighted by atomic mass is 9.99. The molecule has 17 heavy (non-hydrogen) atoms. The van der Waals surface area contributed by atoms with Crippen LogP contribution in [0, 0.1) is 0 Å². The van der Waals surface area contributed by atoms with E-state index in [1.165, 1.54) is 0 Å². The van der Waals surface area contributed by atoms with Gasteiger partial charge in [0, 0.05) is 5.57 Å². The van der Waals surface area contributed by atoms with E-state index in [9.17, 15) is 15.3 Å². The second kappa shape index (κ2) is 4.61. The van der Waals surface area contributed by atoms with Gasteiger partial charge in [0.2, 0.25) is 0 Å². The number of phenols is 2. The summed E-state index contributed by atoms with van der Waals surface area (Å²) < 4.78 is 0. The first-order valence-electron chi connectivity index (χ1n) is 5.14. The van der Waals surface area contributed by atoms with E-state index in [-0.39, 0.29) is 11.5 Å². The van der Waals surface area contributed by atoms with Crippen molar-refractivity contribution in [3.05, 3.63) is 65.9 Å². The number of rotatable bonds is 2. The van der Waals surface area contributed by atoms with Gasteiger partial charge in [0.05, 0.1) is 6.26 Å². The van der Waals surface area contributed by atoms with E-state index in [2.05, 4.69) is 0 Å². The number of aliphatic hydroxyl groups is 1. The van der Waals surface area contributed by atoms with Crippen molar-refractivity contribution in [1.82, 2.24) is 0 Å². The average Bonchev–Trinajstić information content (AvgIpc) is 2.35. The molecule has 0 radical (unpaired) electrons. The zero-order valence-electron chi connectivity index (χ0n) is 9.04. The summed E-state index contributed by atoms with van der Waals surface area (Å²) in [5.41, 5.74) is 2.21. The molecular weight excluding hydrogens is 216 g/mol. The Morgan fingerprint density at radius 1 is 0.706 bits per heavy atom. The highest BCUT2D eigenvalue weighted by Gasteiger charge is 2.05. The van der Waals surface area contributed by atoms with Crippen LogP contribution in [0.4, 0.5) is 0 Å². The van der Waals surface area contributed by atoms with Gasteiger partial charge in [-0.3, -0.25) is 0 Å². The Bertz CT molecular complexity index is 477. The fourth-order valence-corrected chi connectivity index (χ4v) is 1.60. The van der Waals surface area contributed by atoms with Crippen LogP contribution in [0.2, 0.25) is 0 Å². The topological polar surface area (TPSA) is 60.7 Å². The maximum atomic E-state index is 9.28. The third-order valence-electron chi connectivity index (χ3n) is 2.49. The van der Waals surface area contributed by atoms with Gasteiger partial charge in [0.25, 0.3) is 0 Å². The third kappa shape index (κ3) is 2.39. The van der Waals surface area contributed by atoms with Crippen LogP contribution in [0.1, 0.15) is 11.1 Å². The molecular formula is C14H12O3. The molecule has 0 heterocycles. The average molecular weight is 228 g/mol. The van der Waals surface area contributed by atoms with Gasteiger partial charge in [-0.15, -0.1) is 0 Å². The van der Waals surface area contributed by atoms with E-state index in [4.69, 9.17) is 0 Å². The molecule has 3 nitrogen and oxygen atoms in total. The van der Waals surface area contributed by atoms with Crippen molar-refractivity contribution in [2.75, 3.05) is 0 Å². The highest BCUT2D eigenvalue weighted by atomic mass is 16.3. The van der Waals surface area contributed by atoms with Crippen molar-refractivity contribution in [3.63, 3.8) is 0 Å². The molecule has 0 aromatic heterocycles. The number of hydrogen-bond donors (Lipinski definition) is 3. The molecule has 3 heteroatoms. The molecule has 0 aliphatic carbocycles. The van der Waals surface area contributed by atoms with Crippen molar-refractivity contribution in [1.29, 1.82) is 0 Å². The Morgan fingerprint density at radius 3 is 1.35 bits per heavy atom. The highest BCUT2D eigenvalue weighted by molar-refractivity contribution is 5.79. The van der Waals surface area contributed by atoms with Gasteiger partial charge in [-0.05, 0) is 35.4 Å². The van der Waals surface area contributed by atoms with E-state index in [1.54, 1.807) is 48.5 Å². The van der Waals surface area contributed by atoms with Crippen LogP contribution >= 0.6 is 0 Å². The predicted octanol–water partition coefficient (Wildman–Crippen LogP) is 3.05. The summed E-state index contributed by atoms with van der Waals surface area (Å²) in [5, 5.41) is 27.7. The molecule has 0 amide bonds. The molecule has 0 bridgehead atoms. The zero-order chi connectivity index (χ0) is 12.3. The fraction of sp³-hybridized carbons (Fsp3) is 0. The van der Waals surface area contributed by atoms with Gasteiger partial charge in [0.1, 0.15) is 11.5 Å². The monoisotopic (exact) mass is 228 g/mol. The lowest BCUT2D eigenvalue weighted by Gasteiger charge is -2.07. The molecule has 0 saturated carbocycles. The van der Waals surface area contributed by atoms with Crippen LogP contribution in [0.15, 0.2) is 54.8 Å². The Kier molecular flexibility index (Phi) is 3.01. The molecule has 2 aromatic rings. The van der Waals surface area contributed by atoms with E-state index in [0.29, 0.717) is 5.57 Å². The van der Waals surface area contributed by atoms with Crippen molar-refractivity contribution in [3.8, 4) is 11.5 Å². The smallest absolute Gasteiger partial charge is 0.115 e. The quantitative estimate of drug-likeness (QED) is 0.692. The molecule has 0 fully saturated rings. The van der Waals surface area contributed by atoms with Crippen LogP contribution in [0.3, 0.4) is 0 Å². The third-order valence-corrected chi connectivity index (χ3v) is 2.49. The van der Waals surface area contributed by atoms with E-state index in [0.717, 1.165) is 17.4 Å². The maximum absolute atomic E-state index is 9.28. The van der Waals surface area contributed by atoms with Crippen molar-refractivity contribution >= 4 is 5.57 Å². The molecule has 0 saturated heterocycles. The van der Waals surface area contributed by atoms with E-state index >= 15 is 0 Å². The number of benzene rings is 2. The summed E-state index contributed by atoms with van der Waals surface area (Å²) >= 11 is 0. The molecule has 0 aliphatic rings. The molecule has 0 unspecified atom stereocenters. The summed E-state index contributed by atoms with van der Waals surface area (Å²) in [7, 11) is 0. The molecule has 2 aromatic carbocycles. The number of phenolic OH excluding ortho intramolecular Hbond substituents is 2. The Morgan fingerprint density at radius 2 is 1.06 bits per heavy atom. The molecule has 3 N–H and O–H groups in total. The van der Waals surface area contributed by atoms with Crippen LogP contribution < -0.4 is 0 Å². The number of aromatic hydroxyl groups is 2. The van der Waals surface area contributed by atoms with Gasteiger partial charge in [0.15, 0.2) is 0 Å². The van der Waals surface area contributed by atoms with Crippen molar-refractivity contribution < 1.29 is 15.3 Å². The minimum Gasteiger partial charge on any atom is -0.515 e. The van der Waals surface area contributed by atoms with Crippen LogP contribution in [-0.4, -0.2) is 15.3 Å². The molecule has 0 aliphatic heterocycles. The zero-order valence-corrected chi connectivity index (χ0v) is 9.04. The lowest BCUT2D eigenvalue weighted by Crippen LogP contribution is -1.87. The number of hydrogen-bond acceptors (Lipinski definition) is 3. The maximum Gasteiger partial charge on any atom is 0.115 e. The summed E-state index contributed by atoms with van der Waals surface area (Å²) in [6.07, 6.45) is 1.01. The fourth-order valence-electron chi connectivity index (χ4n) is 1.60. The SMILES string of the molecule is OC=C(c1ccc(O)cc1)c1ccc(O)cc1. The van der Waals surface area contributed by atoms with E-state index in [1.807, 2.05) is 0 Å². The Balaban J connectivity index is 2.41. The molecule has 2 rings (SSSR count). The normalized spacial score (nSPS) is 9.88. The number of aliphatic hydroxyl groups excluding tert-OH is 1. The Hall–Kier alpha value is -2.42.